The first-order valence-corrected chi connectivity index (χ1v) is 10.4. The van der Waals surface area contributed by atoms with Crippen molar-refractivity contribution >= 4 is 27.1 Å². The zero-order chi connectivity index (χ0) is 17.6. The van der Waals surface area contributed by atoms with Crippen molar-refractivity contribution in [1.29, 1.82) is 0 Å². The van der Waals surface area contributed by atoms with Crippen LogP contribution in [0.3, 0.4) is 0 Å². The number of nitrogens with zero attached hydrogens (tertiary/aromatic N) is 1. The van der Waals surface area contributed by atoms with Crippen LogP contribution < -0.4 is 10.1 Å². The van der Waals surface area contributed by atoms with Crippen molar-refractivity contribution < 1.29 is 17.9 Å². The molecular weight excluding hydrogens is 348 g/mol. The second-order valence-electron chi connectivity index (χ2n) is 5.41. The average Bonchev–Trinajstić information content (AvgIpc) is 2.94. The van der Waals surface area contributed by atoms with Gasteiger partial charge < -0.3 is 10.1 Å². The number of ether oxygens (including phenoxy) is 1. The quantitative estimate of drug-likeness (QED) is 0.722. The largest absolute Gasteiger partial charge is 0.487 e. The molecule has 1 aromatic carbocycles. The first-order valence-electron chi connectivity index (χ1n) is 7.43. The number of nitrogens with one attached hydrogen (secondary N) is 1. The van der Waals surface area contributed by atoms with Gasteiger partial charge in [0.25, 0.3) is 5.91 Å². The molecule has 6 nitrogen and oxygen atoms in total. The van der Waals surface area contributed by atoms with Crippen molar-refractivity contribution in [1.82, 2.24) is 10.3 Å². The van der Waals surface area contributed by atoms with E-state index in [1.165, 1.54) is 6.26 Å². The summed E-state index contributed by atoms with van der Waals surface area (Å²) in [6.07, 6.45) is 1.57. The lowest BCUT2D eigenvalue weighted by atomic mass is 10.2. The fourth-order valence-electron chi connectivity index (χ4n) is 2.00. The second-order valence-corrected chi connectivity index (χ2v) is 8.74. The van der Waals surface area contributed by atoms with Gasteiger partial charge in [-0.25, -0.2) is 13.4 Å². The lowest BCUT2D eigenvalue weighted by Gasteiger charge is -2.08. The number of sulfone groups is 1. The molecule has 0 unspecified atom stereocenters. The van der Waals surface area contributed by atoms with E-state index in [1.807, 2.05) is 12.3 Å². The Morgan fingerprint density at radius 1 is 1.38 bits per heavy atom. The van der Waals surface area contributed by atoms with Crippen molar-refractivity contribution in [2.24, 2.45) is 0 Å². The molecule has 130 valence electrons. The van der Waals surface area contributed by atoms with Crippen molar-refractivity contribution in [2.45, 2.75) is 20.0 Å². The number of aryl methyl sites for hydroxylation is 1. The summed E-state index contributed by atoms with van der Waals surface area (Å²) in [5.74, 6) is 0.395. The monoisotopic (exact) mass is 368 g/mol. The topological polar surface area (TPSA) is 85.4 Å². The zero-order valence-electron chi connectivity index (χ0n) is 13.6. The van der Waals surface area contributed by atoms with E-state index < -0.39 is 9.84 Å². The van der Waals surface area contributed by atoms with E-state index in [0.717, 1.165) is 10.7 Å². The van der Waals surface area contributed by atoms with Gasteiger partial charge in [0.2, 0.25) is 0 Å². The molecule has 1 N–H and O–H groups in total. The molecule has 0 saturated carbocycles. The van der Waals surface area contributed by atoms with Gasteiger partial charge in [0.1, 0.15) is 22.2 Å². The SMILES string of the molecule is Cc1nc(COc2cccc(C(=O)NCCCS(C)(=O)=O)c2)cs1. The van der Waals surface area contributed by atoms with Gasteiger partial charge in [-0.15, -0.1) is 11.3 Å². The Bertz CT molecular complexity index is 800. The van der Waals surface area contributed by atoms with Crippen molar-refractivity contribution in [3.63, 3.8) is 0 Å². The van der Waals surface area contributed by atoms with Gasteiger partial charge in [0.15, 0.2) is 0 Å². The molecule has 8 heteroatoms. The van der Waals surface area contributed by atoms with Crippen LogP contribution >= 0.6 is 11.3 Å². The molecule has 0 fully saturated rings. The summed E-state index contributed by atoms with van der Waals surface area (Å²) in [7, 11) is -3.00. The number of amides is 1. The fourth-order valence-corrected chi connectivity index (χ4v) is 3.26. The number of thiazole rings is 1. The lowest BCUT2D eigenvalue weighted by Crippen LogP contribution is -2.25. The minimum Gasteiger partial charge on any atom is -0.487 e. The van der Waals surface area contributed by atoms with Gasteiger partial charge in [-0.1, -0.05) is 6.07 Å². The van der Waals surface area contributed by atoms with Crippen LogP contribution in [0.25, 0.3) is 0 Å². The van der Waals surface area contributed by atoms with E-state index in [2.05, 4.69) is 10.3 Å². The van der Waals surface area contributed by atoms with E-state index >= 15 is 0 Å². The highest BCUT2D eigenvalue weighted by Crippen LogP contribution is 2.16. The van der Waals surface area contributed by atoms with Crippen LogP contribution in [-0.4, -0.2) is 37.9 Å². The number of hydrogen-bond acceptors (Lipinski definition) is 6. The number of carbonyl (C=O) groups is 1. The summed E-state index contributed by atoms with van der Waals surface area (Å²) < 4.78 is 27.7. The van der Waals surface area contributed by atoms with Crippen molar-refractivity contribution in [3.05, 3.63) is 45.9 Å². The molecule has 1 amide bonds. The molecule has 24 heavy (non-hydrogen) atoms. The Labute approximate surface area is 145 Å². The normalized spacial score (nSPS) is 11.2. The van der Waals surface area contributed by atoms with Crippen LogP contribution in [0.5, 0.6) is 5.75 Å². The Kier molecular flexibility index (Phi) is 6.33. The number of carbonyl (C=O) groups excluding carboxylic acids is 1. The van der Waals surface area contributed by atoms with Crippen LogP contribution in [-0.2, 0) is 16.4 Å². The summed E-state index contributed by atoms with van der Waals surface area (Å²) in [5, 5.41) is 5.63. The van der Waals surface area contributed by atoms with Crippen molar-refractivity contribution in [2.75, 3.05) is 18.6 Å². The molecule has 0 atom stereocenters. The van der Waals surface area contributed by atoms with Crippen molar-refractivity contribution in [3.8, 4) is 5.75 Å². The molecule has 0 aliphatic carbocycles. The molecule has 0 radical (unpaired) electrons. The molecule has 0 saturated heterocycles. The van der Waals surface area contributed by atoms with Gasteiger partial charge in [0, 0.05) is 23.7 Å². The molecule has 0 bridgehead atoms. The highest BCUT2D eigenvalue weighted by Gasteiger charge is 2.08. The maximum atomic E-state index is 12.1. The Balaban J connectivity index is 1.85. The Morgan fingerprint density at radius 2 is 2.17 bits per heavy atom. The number of aromatic nitrogens is 1. The summed E-state index contributed by atoms with van der Waals surface area (Å²) in [5.41, 5.74) is 1.33. The van der Waals surface area contributed by atoms with E-state index in [9.17, 15) is 13.2 Å². The number of rotatable bonds is 8. The van der Waals surface area contributed by atoms with Crippen LogP contribution in [0.4, 0.5) is 0 Å². The fraction of sp³-hybridized carbons (Fsp3) is 0.375. The highest BCUT2D eigenvalue weighted by atomic mass is 32.2. The van der Waals surface area contributed by atoms with E-state index in [4.69, 9.17) is 4.74 Å². The van der Waals surface area contributed by atoms with Gasteiger partial charge in [-0.2, -0.15) is 0 Å². The van der Waals surface area contributed by atoms with Gasteiger partial charge in [-0.3, -0.25) is 4.79 Å². The Hall–Kier alpha value is -1.93. The summed E-state index contributed by atoms with van der Waals surface area (Å²) in [4.78, 5) is 16.4. The average molecular weight is 368 g/mol. The van der Waals surface area contributed by atoms with E-state index in [1.54, 1.807) is 35.6 Å². The third kappa shape index (κ3) is 6.29. The van der Waals surface area contributed by atoms with Crippen LogP contribution in [0.2, 0.25) is 0 Å². The molecule has 0 aliphatic rings. The number of benzene rings is 1. The lowest BCUT2D eigenvalue weighted by molar-refractivity contribution is 0.0953. The summed E-state index contributed by atoms with van der Waals surface area (Å²) in [6.45, 7) is 2.60. The van der Waals surface area contributed by atoms with Gasteiger partial charge >= 0.3 is 0 Å². The predicted molar refractivity (Wildman–Crippen MR) is 94.3 cm³/mol. The third-order valence-electron chi connectivity index (χ3n) is 3.13. The molecule has 1 aromatic heterocycles. The Morgan fingerprint density at radius 3 is 2.83 bits per heavy atom. The van der Waals surface area contributed by atoms with E-state index in [-0.39, 0.29) is 11.7 Å². The van der Waals surface area contributed by atoms with E-state index in [0.29, 0.717) is 30.9 Å². The maximum Gasteiger partial charge on any atom is 0.251 e. The minimum absolute atomic E-state index is 0.0590. The zero-order valence-corrected chi connectivity index (χ0v) is 15.2. The van der Waals surface area contributed by atoms with Gasteiger partial charge in [0.05, 0.1) is 16.5 Å². The molecule has 2 aromatic rings. The minimum atomic E-state index is -3.00. The van der Waals surface area contributed by atoms with Crippen LogP contribution in [0.1, 0.15) is 27.5 Å². The smallest absolute Gasteiger partial charge is 0.251 e. The highest BCUT2D eigenvalue weighted by molar-refractivity contribution is 7.90. The summed E-state index contributed by atoms with van der Waals surface area (Å²) in [6, 6.07) is 6.86. The molecule has 2 rings (SSSR count). The predicted octanol–water partition coefficient (Wildman–Crippen LogP) is 2.20. The van der Waals surface area contributed by atoms with Gasteiger partial charge in [-0.05, 0) is 31.5 Å². The second kappa shape index (κ2) is 8.25. The standard InChI is InChI=1S/C16H20N2O4S2/c1-12-18-14(11-23-12)10-22-15-6-3-5-13(9-15)16(19)17-7-4-8-24(2,20)21/h3,5-6,9,11H,4,7-8,10H2,1-2H3,(H,17,19). The first kappa shape index (κ1) is 18.4. The first-order chi connectivity index (χ1) is 11.3. The van der Waals surface area contributed by atoms with Crippen LogP contribution in [0.15, 0.2) is 29.6 Å². The van der Waals surface area contributed by atoms with Crippen LogP contribution in [0, 0.1) is 6.92 Å². The molecule has 0 spiro atoms. The molecular formula is C16H20N2O4S2. The summed E-state index contributed by atoms with van der Waals surface area (Å²) >= 11 is 1.56. The molecule has 1 heterocycles. The molecule has 0 aliphatic heterocycles. The third-order valence-corrected chi connectivity index (χ3v) is 4.98. The number of hydrogen-bond donors (Lipinski definition) is 1. The maximum absolute atomic E-state index is 12.1.